The van der Waals surface area contributed by atoms with E-state index in [4.69, 9.17) is 4.74 Å². The molecule has 1 unspecified atom stereocenters. The normalized spacial score (nSPS) is 20.4. The van der Waals surface area contributed by atoms with Crippen molar-refractivity contribution >= 4 is 11.5 Å². The summed E-state index contributed by atoms with van der Waals surface area (Å²) in [5.41, 5.74) is 0.750. The van der Waals surface area contributed by atoms with Gasteiger partial charge in [-0.1, -0.05) is 0 Å². The van der Waals surface area contributed by atoms with E-state index < -0.39 is 0 Å². The van der Waals surface area contributed by atoms with Crippen LogP contribution in [0.1, 0.15) is 12.8 Å². The van der Waals surface area contributed by atoms with Gasteiger partial charge in [0.15, 0.2) is 5.82 Å². The Labute approximate surface area is 92.7 Å². The maximum atomic E-state index is 5.54. The number of rotatable bonds is 3. The highest BCUT2D eigenvalue weighted by atomic mass is 16.5. The summed E-state index contributed by atoms with van der Waals surface area (Å²) < 4.78 is 7.37. The van der Waals surface area contributed by atoms with E-state index in [1.165, 1.54) is 0 Å². The van der Waals surface area contributed by atoms with Gasteiger partial charge in [-0.15, -0.1) is 10.2 Å². The van der Waals surface area contributed by atoms with Crippen molar-refractivity contribution in [3.63, 3.8) is 0 Å². The first kappa shape index (κ1) is 9.53. The van der Waals surface area contributed by atoms with Gasteiger partial charge in [-0.05, 0) is 12.8 Å². The van der Waals surface area contributed by atoms with Crippen molar-refractivity contribution in [2.75, 3.05) is 18.5 Å². The van der Waals surface area contributed by atoms with Crippen molar-refractivity contribution in [1.29, 1.82) is 0 Å². The summed E-state index contributed by atoms with van der Waals surface area (Å²) in [6.45, 7) is 1.65. The summed E-state index contributed by atoms with van der Waals surface area (Å²) >= 11 is 0. The lowest BCUT2D eigenvalue weighted by Gasteiger charge is -2.11. The highest BCUT2D eigenvalue weighted by Crippen LogP contribution is 2.14. The van der Waals surface area contributed by atoms with E-state index in [9.17, 15) is 0 Å². The zero-order valence-electron chi connectivity index (χ0n) is 8.83. The largest absolute Gasteiger partial charge is 0.376 e. The van der Waals surface area contributed by atoms with Crippen LogP contribution in [0.4, 0.5) is 5.82 Å². The van der Waals surface area contributed by atoms with Crippen LogP contribution in [0.5, 0.6) is 0 Å². The molecule has 1 fully saturated rings. The van der Waals surface area contributed by atoms with Gasteiger partial charge in [-0.25, -0.2) is 4.98 Å². The molecule has 16 heavy (non-hydrogen) atoms. The topological polar surface area (TPSA) is 64.3 Å². The smallest absolute Gasteiger partial charge is 0.203 e. The first-order valence-electron chi connectivity index (χ1n) is 5.43. The summed E-state index contributed by atoms with van der Waals surface area (Å²) in [5, 5.41) is 11.1. The SMILES string of the molecule is c1cn2cnnc2c(NCC2CCCO2)n1. The molecule has 2 aromatic rings. The molecular formula is C10H13N5O. The maximum Gasteiger partial charge on any atom is 0.203 e. The first-order valence-corrected chi connectivity index (χ1v) is 5.43. The number of hydrogen-bond acceptors (Lipinski definition) is 5. The fourth-order valence-electron chi connectivity index (χ4n) is 1.90. The predicted molar refractivity (Wildman–Crippen MR) is 58.2 cm³/mol. The fourth-order valence-corrected chi connectivity index (χ4v) is 1.90. The quantitative estimate of drug-likeness (QED) is 0.823. The summed E-state index contributed by atoms with van der Waals surface area (Å²) in [4.78, 5) is 4.25. The molecule has 3 rings (SSSR count). The second kappa shape index (κ2) is 4.05. The summed E-state index contributed by atoms with van der Waals surface area (Å²) in [6.07, 6.45) is 7.78. The number of anilines is 1. The Morgan fingerprint density at radius 2 is 2.56 bits per heavy atom. The van der Waals surface area contributed by atoms with E-state index in [0.29, 0.717) is 6.10 Å². The van der Waals surface area contributed by atoms with Gasteiger partial charge in [0.1, 0.15) is 6.33 Å². The molecule has 6 nitrogen and oxygen atoms in total. The van der Waals surface area contributed by atoms with Crippen molar-refractivity contribution in [2.24, 2.45) is 0 Å². The van der Waals surface area contributed by atoms with E-state index in [2.05, 4.69) is 20.5 Å². The fraction of sp³-hybridized carbons (Fsp3) is 0.500. The molecule has 0 saturated carbocycles. The summed E-state index contributed by atoms with van der Waals surface area (Å²) in [6, 6.07) is 0. The van der Waals surface area contributed by atoms with Gasteiger partial charge >= 0.3 is 0 Å². The van der Waals surface area contributed by atoms with Crippen LogP contribution in [0.15, 0.2) is 18.7 Å². The maximum absolute atomic E-state index is 5.54. The Bertz CT molecular complexity index is 477. The van der Waals surface area contributed by atoms with E-state index in [-0.39, 0.29) is 0 Å². The van der Waals surface area contributed by atoms with E-state index in [0.717, 1.165) is 37.5 Å². The second-order valence-corrected chi connectivity index (χ2v) is 3.85. The summed E-state index contributed by atoms with van der Waals surface area (Å²) in [7, 11) is 0. The van der Waals surface area contributed by atoms with Crippen LogP contribution in [-0.4, -0.2) is 38.8 Å². The molecule has 0 bridgehead atoms. The Morgan fingerprint density at radius 3 is 3.44 bits per heavy atom. The molecule has 2 aromatic heterocycles. The Kier molecular flexibility index (Phi) is 2.41. The third-order valence-electron chi connectivity index (χ3n) is 2.74. The third kappa shape index (κ3) is 1.71. The predicted octanol–water partition coefficient (Wildman–Crippen LogP) is 0.715. The number of ether oxygens (including phenoxy) is 1. The third-order valence-corrected chi connectivity index (χ3v) is 2.74. The van der Waals surface area contributed by atoms with Crippen LogP contribution < -0.4 is 5.32 Å². The van der Waals surface area contributed by atoms with Crippen LogP contribution in [0.25, 0.3) is 5.65 Å². The van der Waals surface area contributed by atoms with Crippen LogP contribution in [0, 0.1) is 0 Å². The Morgan fingerprint density at radius 1 is 1.56 bits per heavy atom. The Balaban J connectivity index is 1.75. The minimum Gasteiger partial charge on any atom is -0.376 e. The van der Waals surface area contributed by atoms with Gasteiger partial charge in [0.2, 0.25) is 5.65 Å². The van der Waals surface area contributed by atoms with Crippen molar-refractivity contribution in [3.8, 4) is 0 Å². The molecule has 1 aliphatic heterocycles. The lowest BCUT2D eigenvalue weighted by atomic mass is 10.2. The first-order chi connectivity index (χ1) is 7.93. The highest BCUT2D eigenvalue weighted by Gasteiger charge is 2.15. The van der Waals surface area contributed by atoms with Gasteiger partial charge in [0, 0.05) is 25.5 Å². The zero-order valence-corrected chi connectivity index (χ0v) is 8.83. The molecular weight excluding hydrogens is 206 g/mol. The summed E-state index contributed by atoms with van der Waals surface area (Å²) in [5.74, 6) is 0.760. The number of nitrogens with one attached hydrogen (secondary N) is 1. The molecule has 0 spiro atoms. The molecule has 1 saturated heterocycles. The molecule has 0 amide bonds. The number of hydrogen-bond donors (Lipinski definition) is 1. The number of fused-ring (bicyclic) bond motifs is 1. The number of aromatic nitrogens is 4. The lowest BCUT2D eigenvalue weighted by molar-refractivity contribution is 0.120. The molecule has 1 atom stereocenters. The van der Waals surface area contributed by atoms with Gasteiger partial charge in [0.05, 0.1) is 6.10 Å². The van der Waals surface area contributed by atoms with Crippen LogP contribution >= 0.6 is 0 Å². The van der Waals surface area contributed by atoms with Crippen LogP contribution in [-0.2, 0) is 4.74 Å². The van der Waals surface area contributed by atoms with E-state index in [1.54, 1.807) is 12.5 Å². The molecule has 0 radical (unpaired) electrons. The molecule has 1 aliphatic rings. The van der Waals surface area contributed by atoms with Crippen molar-refractivity contribution < 1.29 is 4.74 Å². The number of nitrogens with zero attached hydrogens (tertiary/aromatic N) is 4. The van der Waals surface area contributed by atoms with Crippen molar-refractivity contribution in [3.05, 3.63) is 18.7 Å². The molecule has 0 aromatic carbocycles. The average molecular weight is 219 g/mol. The van der Waals surface area contributed by atoms with Gasteiger partial charge in [-0.2, -0.15) is 0 Å². The average Bonchev–Trinajstić information content (AvgIpc) is 2.97. The van der Waals surface area contributed by atoms with Crippen molar-refractivity contribution in [1.82, 2.24) is 19.6 Å². The second-order valence-electron chi connectivity index (χ2n) is 3.85. The minimum absolute atomic E-state index is 0.296. The van der Waals surface area contributed by atoms with Gasteiger partial charge < -0.3 is 10.1 Å². The van der Waals surface area contributed by atoms with Crippen molar-refractivity contribution in [2.45, 2.75) is 18.9 Å². The highest BCUT2D eigenvalue weighted by molar-refractivity contribution is 5.61. The molecule has 84 valence electrons. The molecule has 1 N–H and O–H groups in total. The van der Waals surface area contributed by atoms with E-state index >= 15 is 0 Å². The molecule has 6 heteroatoms. The molecule has 0 aliphatic carbocycles. The van der Waals surface area contributed by atoms with Gasteiger partial charge in [0.25, 0.3) is 0 Å². The van der Waals surface area contributed by atoms with Crippen LogP contribution in [0.2, 0.25) is 0 Å². The zero-order chi connectivity index (χ0) is 10.8. The lowest BCUT2D eigenvalue weighted by Crippen LogP contribution is -2.19. The Hall–Kier alpha value is -1.69. The molecule has 3 heterocycles. The van der Waals surface area contributed by atoms with E-state index in [1.807, 2.05) is 10.6 Å². The van der Waals surface area contributed by atoms with Gasteiger partial charge in [-0.3, -0.25) is 4.40 Å². The monoisotopic (exact) mass is 219 g/mol. The van der Waals surface area contributed by atoms with Crippen LogP contribution in [0.3, 0.4) is 0 Å². The minimum atomic E-state index is 0.296. The standard InChI is InChI=1S/C10H13N5O/c1-2-8(16-5-1)6-12-9-10-14-13-7-15(10)4-3-11-9/h3-4,7-8H,1-2,5-6H2,(H,11,12).